The smallest absolute Gasteiger partial charge is 0.409 e. The van der Waals surface area contributed by atoms with E-state index in [9.17, 15) is 14.4 Å². The third-order valence-corrected chi connectivity index (χ3v) is 4.86. The Bertz CT molecular complexity index is 702. The number of hydrogen-bond acceptors (Lipinski definition) is 4. The molecule has 2 rings (SSSR count). The Morgan fingerprint density at radius 3 is 2.56 bits per heavy atom. The van der Waals surface area contributed by atoms with Crippen LogP contribution in [0, 0.1) is 6.92 Å². The van der Waals surface area contributed by atoms with Crippen molar-refractivity contribution in [2.45, 2.75) is 39.7 Å². The van der Waals surface area contributed by atoms with Crippen molar-refractivity contribution in [1.29, 1.82) is 0 Å². The van der Waals surface area contributed by atoms with Crippen LogP contribution >= 0.6 is 11.6 Å². The summed E-state index contributed by atoms with van der Waals surface area (Å²) in [6.45, 7) is 6.40. The van der Waals surface area contributed by atoms with Crippen molar-refractivity contribution < 1.29 is 19.1 Å². The lowest BCUT2D eigenvalue weighted by Crippen LogP contribution is -2.50. The highest BCUT2D eigenvalue weighted by Crippen LogP contribution is 2.21. The molecule has 0 aromatic heterocycles. The van der Waals surface area contributed by atoms with Crippen molar-refractivity contribution in [3.63, 3.8) is 0 Å². The van der Waals surface area contributed by atoms with Gasteiger partial charge in [-0.3, -0.25) is 9.59 Å². The summed E-state index contributed by atoms with van der Waals surface area (Å²) in [5, 5.41) is 3.35. The van der Waals surface area contributed by atoms with Crippen molar-refractivity contribution in [2.24, 2.45) is 0 Å². The van der Waals surface area contributed by atoms with Gasteiger partial charge in [-0.15, -0.1) is 0 Å². The van der Waals surface area contributed by atoms with Gasteiger partial charge in [-0.05, 0) is 44.4 Å². The molecule has 0 aliphatic carbocycles. The molecule has 1 saturated heterocycles. The molecule has 8 heteroatoms. The number of nitrogens with zero attached hydrogens (tertiary/aromatic N) is 2. The normalized spacial score (nSPS) is 14.6. The van der Waals surface area contributed by atoms with E-state index in [2.05, 4.69) is 5.32 Å². The number of anilines is 1. The number of ether oxygens (including phenoxy) is 1. The minimum absolute atomic E-state index is 0.0363. The molecule has 0 atom stereocenters. The highest BCUT2D eigenvalue weighted by molar-refractivity contribution is 6.31. The van der Waals surface area contributed by atoms with E-state index in [1.807, 2.05) is 13.0 Å². The summed E-state index contributed by atoms with van der Waals surface area (Å²) < 4.78 is 5.01. The number of hydrogen-bond donors (Lipinski definition) is 1. The Hall–Kier alpha value is -2.28. The fraction of sp³-hybridized carbons (Fsp3) is 0.526. The van der Waals surface area contributed by atoms with Crippen LogP contribution in [0.1, 0.15) is 32.3 Å². The molecule has 0 radical (unpaired) electrons. The van der Waals surface area contributed by atoms with E-state index < -0.39 is 0 Å². The maximum absolute atomic E-state index is 12.5. The van der Waals surface area contributed by atoms with Gasteiger partial charge in [0, 0.05) is 36.8 Å². The van der Waals surface area contributed by atoms with Crippen LogP contribution in [0.4, 0.5) is 10.5 Å². The van der Waals surface area contributed by atoms with Gasteiger partial charge in [0.15, 0.2) is 0 Å². The van der Waals surface area contributed by atoms with E-state index in [0.717, 1.165) is 5.56 Å². The second-order valence-electron chi connectivity index (χ2n) is 6.57. The third kappa shape index (κ3) is 5.85. The second kappa shape index (κ2) is 9.60. The fourth-order valence-electron chi connectivity index (χ4n) is 3.15. The predicted octanol–water partition coefficient (Wildman–Crippen LogP) is 3.06. The molecule has 1 heterocycles. The molecule has 1 fully saturated rings. The zero-order chi connectivity index (χ0) is 20.0. The van der Waals surface area contributed by atoms with Gasteiger partial charge < -0.3 is 19.9 Å². The van der Waals surface area contributed by atoms with Gasteiger partial charge in [0.05, 0.1) is 6.61 Å². The average Bonchev–Trinajstić information content (AvgIpc) is 2.63. The first-order chi connectivity index (χ1) is 12.8. The van der Waals surface area contributed by atoms with E-state index in [4.69, 9.17) is 16.3 Å². The molecule has 1 aliphatic rings. The molecule has 1 aliphatic heterocycles. The summed E-state index contributed by atoms with van der Waals surface area (Å²) in [5.74, 6) is -0.439. The van der Waals surface area contributed by atoms with Gasteiger partial charge in [-0.25, -0.2) is 4.79 Å². The first-order valence-corrected chi connectivity index (χ1v) is 9.44. The fourth-order valence-corrected chi connectivity index (χ4v) is 3.32. The molecule has 1 aromatic rings. The molecule has 0 bridgehead atoms. The molecule has 148 valence electrons. The average molecular weight is 396 g/mol. The maximum Gasteiger partial charge on any atom is 0.409 e. The summed E-state index contributed by atoms with van der Waals surface area (Å²) in [5.41, 5.74) is 1.53. The number of amides is 3. The second-order valence-corrected chi connectivity index (χ2v) is 7.01. The van der Waals surface area contributed by atoms with Crippen LogP contribution < -0.4 is 5.32 Å². The summed E-state index contributed by atoms with van der Waals surface area (Å²) in [7, 11) is 0. The lowest BCUT2D eigenvalue weighted by molar-refractivity contribution is -0.136. The lowest BCUT2D eigenvalue weighted by atomic mass is 10.0. The summed E-state index contributed by atoms with van der Waals surface area (Å²) >= 11 is 5.98. The standard InChI is InChI=1S/C19H26ClN3O4/c1-4-27-19(26)22-9-7-16(8-10-22)23(14(3)24)12-18(25)21-17-11-15(20)6-5-13(17)2/h5-6,11,16H,4,7-10,12H2,1-3H3,(H,21,25). The zero-order valence-electron chi connectivity index (χ0n) is 16.0. The van der Waals surface area contributed by atoms with Crippen LogP contribution in [0.3, 0.4) is 0 Å². The van der Waals surface area contributed by atoms with Crippen LogP contribution in [0.15, 0.2) is 18.2 Å². The number of rotatable bonds is 5. The molecule has 0 unspecified atom stereocenters. The topological polar surface area (TPSA) is 79.0 Å². The van der Waals surface area contributed by atoms with Gasteiger partial charge in [0.1, 0.15) is 6.54 Å². The Balaban J connectivity index is 1.96. The first kappa shape index (κ1) is 21.0. The predicted molar refractivity (Wildman–Crippen MR) is 104 cm³/mol. The molecular formula is C19H26ClN3O4. The number of piperidine rings is 1. The van der Waals surface area contributed by atoms with Crippen molar-refractivity contribution >= 4 is 35.2 Å². The van der Waals surface area contributed by atoms with Crippen molar-refractivity contribution in [2.75, 3.05) is 31.6 Å². The summed E-state index contributed by atoms with van der Waals surface area (Å²) in [4.78, 5) is 39.5. The highest BCUT2D eigenvalue weighted by Gasteiger charge is 2.30. The Morgan fingerprint density at radius 1 is 1.30 bits per heavy atom. The van der Waals surface area contributed by atoms with E-state index in [-0.39, 0.29) is 30.5 Å². The van der Waals surface area contributed by atoms with E-state index in [1.54, 1.807) is 28.9 Å². The van der Waals surface area contributed by atoms with Gasteiger partial charge in [0.2, 0.25) is 11.8 Å². The van der Waals surface area contributed by atoms with Gasteiger partial charge in [-0.1, -0.05) is 17.7 Å². The monoisotopic (exact) mass is 395 g/mol. The van der Waals surface area contributed by atoms with E-state index in [1.165, 1.54) is 6.92 Å². The maximum atomic E-state index is 12.5. The van der Waals surface area contributed by atoms with E-state index >= 15 is 0 Å². The van der Waals surface area contributed by atoms with Crippen molar-refractivity contribution in [3.05, 3.63) is 28.8 Å². The molecule has 0 saturated carbocycles. The number of carbonyl (C=O) groups excluding carboxylic acids is 3. The van der Waals surface area contributed by atoms with Crippen LogP contribution in [0.25, 0.3) is 0 Å². The SMILES string of the molecule is CCOC(=O)N1CCC(N(CC(=O)Nc2cc(Cl)ccc2C)C(C)=O)CC1. The largest absolute Gasteiger partial charge is 0.450 e. The molecule has 1 aromatic carbocycles. The van der Waals surface area contributed by atoms with Gasteiger partial charge in [-0.2, -0.15) is 0 Å². The Labute approximate surface area is 164 Å². The van der Waals surface area contributed by atoms with E-state index in [0.29, 0.717) is 43.2 Å². The number of likely N-dealkylation sites (tertiary alicyclic amines) is 1. The van der Waals surface area contributed by atoms with Gasteiger partial charge >= 0.3 is 6.09 Å². The molecular weight excluding hydrogens is 370 g/mol. The number of benzene rings is 1. The molecule has 7 nitrogen and oxygen atoms in total. The van der Waals surface area contributed by atoms with Crippen LogP contribution in [-0.2, 0) is 14.3 Å². The number of nitrogens with one attached hydrogen (secondary N) is 1. The van der Waals surface area contributed by atoms with Crippen LogP contribution in [0.5, 0.6) is 0 Å². The summed E-state index contributed by atoms with van der Waals surface area (Å²) in [6.07, 6.45) is 0.892. The molecule has 0 spiro atoms. The zero-order valence-corrected chi connectivity index (χ0v) is 16.7. The molecule has 27 heavy (non-hydrogen) atoms. The van der Waals surface area contributed by atoms with Crippen molar-refractivity contribution in [1.82, 2.24) is 9.80 Å². The summed E-state index contributed by atoms with van der Waals surface area (Å²) in [6, 6.07) is 5.18. The minimum atomic E-state index is -0.334. The molecule has 1 N–H and O–H groups in total. The van der Waals surface area contributed by atoms with Crippen LogP contribution in [0.2, 0.25) is 5.02 Å². The number of carbonyl (C=O) groups is 3. The highest BCUT2D eigenvalue weighted by atomic mass is 35.5. The van der Waals surface area contributed by atoms with Gasteiger partial charge in [0.25, 0.3) is 0 Å². The first-order valence-electron chi connectivity index (χ1n) is 9.06. The van der Waals surface area contributed by atoms with Crippen molar-refractivity contribution in [3.8, 4) is 0 Å². The Morgan fingerprint density at radius 2 is 1.96 bits per heavy atom. The minimum Gasteiger partial charge on any atom is -0.450 e. The third-order valence-electron chi connectivity index (χ3n) is 4.62. The number of halogens is 1. The quantitative estimate of drug-likeness (QED) is 0.831. The number of aryl methyl sites for hydroxylation is 1. The molecule has 3 amide bonds. The Kier molecular flexibility index (Phi) is 7.47. The van der Waals surface area contributed by atoms with Crippen LogP contribution in [-0.4, -0.2) is 60.0 Å². The lowest BCUT2D eigenvalue weighted by Gasteiger charge is -2.37.